The molecule has 4 rings (SSSR count). The maximum atomic E-state index is 6.10. The van der Waals surface area contributed by atoms with Gasteiger partial charge in [0, 0.05) is 15.3 Å². The van der Waals surface area contributed by atoms with Gasteiger partial charge in [-0.05, 0) is 59.0 Å². The second kappa shape index (κ2) is 9.31. The van der Waals surface area contributed by atoms with Crippen LogP contribution >= 0.6 is 22.6 Å². The van der Waals surface area contributed by atoms with Crippen LogP contribution in [0.1, 0.15) is 0 Å². The van der Waals surface area contributed by atoms with Gasteiger partial charge >= 0.3 is 0 Å². The zero-order chi connectivity index (χ0) is 20.8. The van der Waals surface area contributed by atoms with Gasteiger partial charge in [0.25, 0.3) is 0 Å². The van der Waals surface area contributed by atoms with Crippen LogP contribution in [0.25, 0.3) is 11.3 Å². The number of nitrogens with zero attached hydrogens (tertiary/aromatic N) is 4. The number of guanidine groups is 1. The van der Waals surface area contributed by atoms with Crippen molar-refractivity contribution in [1.29, 1.82) is 0 Å². The average molecular weight is 507 g/mol. The van der Waals surface area contributed by atoms with Crippen LogP contribution in [0.3, 0.4) is 0 Å². The second-order valence-electron chi connectivity index (χ2n) is 6.30. The Morgan fingerprint density at radius 3 is 2.30 bits per heavy atom. The number of aliphatic imine (C=N–C) groups is 1. The highest BCUT2D eigenvalue weighted by atomic mass is 127. The Hall–Kier alpha value is -3.53. The number of nitrogens with one attached hydrogen (secondary N) is 2. The molecular weight excluding hydrogens is 489 g/mol. The summed E-state index contributed by atoms with van der Waals surface area (Å²) >= 11 is 2.22. The zero-order valence-corrected chi connectivity index (χ0v) is 18.0. The van der Waals surface area contributed by atoms with E-state index in [1.165, 1.54) is 0 Å². The van der Waals surface area contributed by atoms with Crippen molar-refractivity contribution >= 4 is 51.6 Å². The number of hydrogen-bond acceptors (Lipinski definition) is 5. The third-order valence-electron chi connectivity index (χ3n) is 4.13. The van der Waals surface area contributed by atoms with E-state index in [0.29, 0.717) is 5.82 Å². The molecule has 4 aromatic rings. The summed E-state index contributed by atoms with van der Waals surface area (Å²) in [6.07, 6.45) is 1.80. The molecule has 2 aromatic carbocycles. The van der Waals surface area contributed by atoms with E-state index in [9.17, 15) is 0 Å². The molecule has 0 aliphatic heterocycles. The lowest BCUT2D eigenvalue weighted by molar-refractivity contribution is 1.03. The van der Waals surface area contributed by atoms with E-state index >= 15 is 0 Å². The lowest BCUT2D eigenvalue weighted by atomic mass is 10.1. The summed E-state index contributed by atoms with van der Waals surface area (Å²) in [5, 5.41) is 14.8. The minimum Gasteiger partial charge on any atom is -0.369 e. The van der Waals surface area contributed by atoms with Crippen molar-refractivity contribution in [3.05, 3.63) is 88.6 Å². The van der Waals surface area contributed by atoms with Gasteiger partial charge in [0.1, 0.15) is 5.82 Å². The fourth-order valence-corrected chi connectivity index (χ4v) is 3.04. The maximum absolute atomic E-state index is 6.10. The predicted molar refractivity (Wildman–Crippen MR) is 129 cm³/mol. The number of benzene rings is 2. The molecule has 0 amide bonds. The molecule has 8 heteroatoms. The highest BCUT2D eigenvalue weighted by Crippen LogP contribution is 2.25. The van der Waals surface area contributed by atoms with E-state index < -0.39 is 0 Å². The van der Waals surface area contributed by atoms with Crippen molar-refractivity contribution < 1.29 is 0 Å². The Kier molecular flexibility index (Phi) is 6.14. The third kappa shape index (κ3) is 5.09. The topological polar surface area (TPSA) is 101 Å². The number of hydrogen-bond donors (Lipinski definition) is 3. The predicted octanol–water partition coefficient (Wildman–Crippen LogP) is 4.95. The van der Waals surface area contributed by atoms with Gasteiger partial charge in [0.2, 0.25) is 0 Å². The van der Waals surface area contributed by atoms with Crippen LogP contribution < -0.4 is 16.4 Å². The zero-order valence-electron chi connectivity index (χ0n) is 15.8. The van der Waals surface area contributed by atoms with E-state index in [1.54, 1.807) is 12.3 Å². The standard InChI is InChI=1S/C22H18IN7/c23-16-10-12-20(25-14-16)26-18-8-4-5-9-19(18)27-22(24)28-21-13-11-17(29-30-21)15-6-2-1-3-7-15/h1-14H,(H,25,26)(H3,24,27,28,30). The molecule has 30 heavy (non-hydrogen) atoms. The molecule has 4 N–H and O–H groups in total. The van der Waals surface area contributed by atoms with Crippen molar-refractivity contribution in [2.75, 3.05) is 10.6 Å². The number of halogens is 1. The van der Waals surface area contributed by atoms with E-state index in [2.05, 4.69) is 53.4 Å². The molecule has 0 saturated carbocycles. The SMILES string of the molecule is NC(=Nc1ccc(-c2ccccc2)nn1)Nc1ccccc1Nc1ccc(I)cn1. The van der Waals surface area contributed by atoms with Gasteiger partial charge in [-0.15, -0.1) is 10.2 Å². The Morgan fingerprint density at radius 1 is 0.833 bits per heavy atom. The van der Waals surface area contributed by atoms with Crippen molar-refractivity contribution in [3.63, 3.8) is 0 Å². The first-order valence-electron chi connectivity index (χ1n) is 9.15. The van der Waals surface area contributed by atoms with Gasteiger partial charge in [-0.1, -0.05) is 42.5 Å². The number of aromatic nitrogens is 3. The molecule has 0 aliphatic rings. The minimum absolute atomic E-state index is 0.210. The van der Waals surface area contributed by atoms with Gasteiger partial charge in [0.15, 0.2) is 11.8 Å². The van der Waals surface area contributed by atoms with Crippen LogP contribution in [0.4, 0.5) is 23.0 Å². The molecule has 2 aromatic heterocycles. The second-order valence-corrected chi connectivity index (χ2v) is 7.54. The Balaban J connectivity index is 1.49. The van der Waals surface area contributed by atoms with Gasteiger partial charge in [-0.25, -0.2) is 4.98 Å². The smallest absolute Gasteiger partial charge is 0.199 e. The van der Waals surface area contributed by atoms with Crippen LogP contribution in [0, 0.1) is 3.57 Å². The van der Waals surface area contributed by atoms with Crippen molar-refractivity contribution in [2.24, 2.45) is 10.7 Å². The van der Waals surface area contributed by atoms with Crippen LogP contribution in [0.2, 0.25) is 0 Å². The van der Waals surface area contributed by atoms with E-state index in [1.807, 2.05) is 72.8 Å². The van der Waals surface area contributed by atoms with E-state index in [-0.39, 0.29) is 5.96 Å². The summed E-state index contributed by atoms with van der Waals surface area (Å²) < 4.78 is 1.07. The first-order chi connectivity index (χ1) is 14.7. The lowest BCUT2D eigenvalue weighted by Gasteiger charge is -2.13. The highest BCUT2D eigenvalue weighted by molar-refractivity contribution is 14.1. The first-order valence-corrected chi connectivity index (χ1v) is 10.2. The molecule has 0 spiro atoms. The number of rotatable bonds is 5. The molecule has 2 heterocycles. The first kappa shape index (κ1) is 19.8. The number of pyridine rings is 1. The summed E-state index contributed by atoms with van der Waals surface area (Å²) in [5.74, 6) is 1.37. The van der Waals surface area contributed by atoms with Crippen LogP contribution in [-0.4, -0.2) is 21.1 Å². The highest BCUT2D eigenvalue weighted by Gasteiger charge is 2.05. The Bertz CT molecular complexity index is 1140. The van der Waals surface area contributed by atoms with Gasteiger partial charge in [-0.2, -0.15) is 4.99 Å². The molecule has 148 valence electrons. The van der Waals surface area contributed by atoms with Crippen LogP contribution in [-0.2, 0) is 0 Å². The molecule has 0 saturated heterocycles. The normalized spacial score (nSPS) is 11.2. The quantitative estimate of drug-likeness (QED) is 0.201. The molecule has 0 fully saturated rings. The van der Waals surface area contributed by atoms with Gasteiger partial charge in [0.05, 0.1) is 17.1 Å². The summed E-state index contributed by atoms with van der Waals surface area (Å²) in [4.78, 5) is 8.68. The Labute approximate surface area is 187 Å². The fraction of sp³-hybridized carbons (Fsp3) is 0. The van der Waals surface area contributed by atoms with Crippen molar-refractivity contribution in [1.82, 2.24) is 15.2 Å². The van der Waals surface area contributed by atoms with Crippen LogP contribution in [0.5, 0.6) is 0 Å². The minimum atomic E-state index is 0.210. The Morgan fingerprint density at radius 2 is 1.60 bits per heavy atom. The monoisotopic (exact) mass is 507 g/mol. The number of anilines is 3. The van der Waals surface area contributed by atoms with Crippen molar-refractivity contribution in [2.45, 2.75) is 0 Å². The molecular formula is C22H18IN7. The summed E-state index contributed by atoms with van der Waals surface area (Å²) in [6, 6.07) is 25.1. The molecule has 0 aliphatic carbocycles. The molecule has 0 unspecified atom stereocenters. The number of nitrogens with two attached hydrogens (primary N) is 1. The summed E-state index contributed by atoms with van der Waals surface area (Å²) in [7, 11) is 0. The molecule has 0 atom stereocenters. The molecule has 0 bridgehead atoms. The average Bonchev–Trinajstić information content (AvgIpc) is 2.78. The van der Waals surface area contributed by atoms with Crippen LogP contribution in [0.15, 0.2) is 90.1 Å². The molecule has 7 nitrogen and oxygen atoms in total. The largest absolute Gasteiger partial charge is 0.369 e. The maximum Gasteiger partial charge on any atom is 0.199 e. The van der Waals surface area contributed by atoms with E-state index in [0.717, 1.165) is 32.0 Å². The third-order valence-corrected chi connectivity index (χ3v) is 4.77. The van der Waals surface area contributed by atoms with E-state index in [4.69, 9.17) is 5.73 Å². The fourth-order valence-electron chi connectivity index (χ4n) is 2.73. The summed E-state index contributed by atoms with van der Waals surface area (Å²) in [5.41, 5.74) is 9.47. The van der Waals surface area contributed by atoms with Gasteiger partial charge < -0.3 is 16.4 Å². The van der Waals surface area contributed by atoms with Crippen molar-refractivity contribution in [3.8, 4) is 11.3 Å². The summed E-state index contributed by atoms with van der Waals surface area (Å²) in [6.45, 7) is 0. The number of para-hydroxylation sites is 2. The molecule has 0 radical (unpaired) electrons. The van der Waals surface area contributed by atoms with Gasteiger partial charge in [-0.3, -0.25) is 0 Å². The lowest BCUT2D eigenvalue weighted by Crippen LogP contribution is -2.22.